The molecule has 0 amide bonds. The maximum absolute atomic E-state index is 7.18. The van der Waals surface area contributed by atoms with Crippen LogP contribution in [-0.2, 0) is 0 Å². The molecule has 0 aliphatic carbocycles. The lowest BCUT2D eigenvalue weighted by Gasteiger charge is -2.16. The molecule has 0 radical (unpaired) electrons. The number of hydrogen-bond acceptors (Lipinski definition) is 0. The van der Waals surface area contributed by atoms with Crippen molar-refractivity contribution in [1.82, 2.24) is 0 Å². The van der Waals surface area contributed by atoms with Crippen molar-refractivity contribution < 1.29 is 1.37 Å². The van der Waals surface area contributed by atoms with E-state index in [2.05, 4.69) is 27.7 Å². The largest absolute Gasteiger partial charge is 0.0628 e. The molecular weight excluding hydrogens is 108 g/mol. The lowest BCUT2D eigenvalue weighted by atomic mass is 9.90. The van der Waals surface area contributed by atoms with E-state index >= 15 is 0 Å². The summed E-state index contributed by atoms with van der Waals surface area (Å²) >= 11 is 0. The second-order valence-corrected chi connectivity index (χ2v) is 3.58. The van der Waals surface area contributed by atoms with Crippen molar-refractivity contribution in [3.63, 3.8) is 0 Å². The molecule has 0 aromatic heterocycles. The molecular formula is C9H20. The van der Waals surface area contributed by atoms with E-state index in [0.29, 0.717) is 12.8 Å². The van der Waals surface area contributed by atoms with Gasteiger partial charge >= 0.3 is 0 Å². The van der Waals surface area contributed by atoms with Crippen LogP contribution in [0, 0.1) is 17.8 Å². The van der Waals surface area contributed by atoms with Gasteiger partial charge in [-0.05, 0) is 24.2 Å². The van der Waals surface area contributed by atoms with Crippen molar-refractivity contribution in [2.24, 2.45) is 17.8 Å². The zero-order valence-corrected chi connectivity index (χ0v) is 7.15. The van der Waals surface area contributed by atoms with Crippen LogP contribution in [0.2, 0.25) is 0 Å². The molecule has 0 aliphatic heterocycles. The van der Waals surface area contributed by atoms with Gasteiger partial charge in [0.15, 0.2) is 0 Å². The molecule has 56 valence electrons. The smallest absolute Gasteiger partial charge is 0.0233 e. The van der Waals surface area contributed by atoms with Crippen molar-refractivity contribution in [2.75, 3.05) is 0 Å². The van der Waals surface area contributed by atoms with Crippen LogP contribution in [0.25, 0.3) is 0 Å². The Morgan fingerprint density at radius 2 is 1.78 bits per heavy atom. The van der Waals surface area contributed by atoms with Gasteiger partial charge in [0.1, 0.15) is 0 Å². The minimum Gasteiger partial charge on any atom is -0.0628 e. The molecule has 0 aromatic carbocycles. The minimum absolute atomic E-state index is 0.572. The van der Waals surface area contributed by atoms with E-state index in [1.165, 1.54) is 6.42 Å². The third-order valence-electron chi connectivity index (χ3n) is 1.81. The summed E-state index contributed by atoms with van der Waals surface area (Å²) in [6.07, 6.45) is 1.26. The van der Waals surface area contributed by atoms with Crippen LogP contribution in [-0.4, -0.2) is 0 Å². The Bertz CT molecular complexity index is 78.8. The summed E-state index contributed by atoms with van der Waals surface area (Å²) in [5, 5.41) is 0. The first-order valence-electron chi connectivity index (χ1n) is 4.57. The van der Waals surface area contributed by atoms with Gasteiger partial charge in [0, 0.05) is 1.37 Å². The number of hydrogen-bond donors (Lipinski definition) is 0. The monoisotopic (exact) mass is 129 g/mol. The normalized spacial score (nSPS) is 19.4. The second kappa shape index (κ2) is 3.92. The first kappa shape index (κ1) is 7.11. The average molecular weight is 129 g/mol. The van der Waals surface area contributed by atoms with Crippen LogP contribution in [0.3, 0.4) is 0 Å². The fraction of sp³-hybridized carbons (Fsp3) is 1.00. The van der Waals surface area contributed by atoms with E-state index in [4.69, 9.17) is 1.37 Å². The lowest BCUT2D eigenvalue weighted by molar-refractivity contribution is 0.344. The van der Waals surface area contributed by atoms with Crippen molar-refractivity contribution in [1.29, 1.82) is 0 Å². The Labute approximate surface area is 61.1 Å². The fourth-order valence-electron chi connectivity index (χ4n) is 0.976. The van der Waals surface area contributed by atoms with Crippen molar-refractivity contribution in [2.45, 2.75) is 41.0 Å². The summed E-state index contributed by atoms with van der Waals surface area (Å²) in [5.41, 5.74) is 0. The topological polar surface area (TPSA) is 0 Å². The highest BCUT2D eigenvalue weighted by Crippen LogP contribution is 2.18. The molecule has 0 heterocycles. The summed E-state index contributed by atoms with van der Waals surface area (Å²) in [6.45, 7) is 9.48. The molecule has 0 nitrogen and oxygen atoms in total. The molecule has 0 saturated heterocycles. The molecule has 0 rings (SSSR count). The second-order valence-electron chi connectivity index (χ2n) is 3.58. The van der Waals surface area contributed by atoms with E-state index < -0.39 is 0 Å². The third kappa shape index (κ3) is 4.50. The zero-order valence-electron chi connectivity index (χ0n) is 8.15. The highest BCUT2D eigenvalue weighted by atomic mass is 14.1. The van der Waals surface area contributed by atoms with Gasteiger partial charge in [-0.15, -0.1) is 0 Å². The van der Waals surface area contributed by atoms with Crippen LogP contribution in [0.4, 0.5) is 0 Å². The molecule has 2 unspecified atom stereocenters. The third-order valence-corrected chi connectivity index (χ3v) is 1.81. The number of rotatable bonds is 3. The van der Waals surface area contributed by atoms with Gasteiger partial charge in [-0.2, -0.15) is 0 Å². The zero-order chi connectivity index (χ0) is 8.15. The van der Waals surface area contributed by atoms with Gasteiger partial charge in [-0.1, -0.05) is 34.6 Å². The molecule has 0 saturated carbocycles. The van der Waals surface area contributed by atoms with E-state index in [9.17, 15) is 0 Å². The Kier molecular flexibility index (Phi) is 3.10. The average Bonchev–Trinajstić information content (AvgIpc) is 1.85. The molecule has 0 aliphatic rings. The maximum Gasteiger partial charge on any atom is 0.0233 e. The van der Waals surface area contributed by atoms with Crippen molar-refractivity contribution >= 4 is 0 Å². The fourth-order valence-corrected chi connectivity index (χ4v) is 0.976. The Balaban J connectivity index is 3.50. The van der Waals surface area contributed by atoms with Crippen LogP contribution in [0.15, 0.2) is 0 Å². The molecule has 0 aromatic rings. The molecule has 2 atom stereocenters. The summed E-state index contributed by atoms with van der Waals surface area (Å²) in [6, 6.07) is 0. The Morgan fingerprint density at radius 3 is 2.11 bits per heavy atom. The summed E-state index contributed by atoms with van der Waals surface area (Å²) in [5.74, 6) is 2.07. The summed E-state index contributed by atoms with van der Waals surface area (Å²) in [7, 11) is 0. The maximum atomic E-state index is 7.18. The molecule has 0 N–H and O–H groups in total. The Hall–Kier alpha value is 0. The summed E-state index contributed by atoms with van der Waals surface area (Å²) in [4.78, 5) is 0. The quantitative estimate of drug-likeness (QED) is 0.548. The molecule has 0 spiro atoms. The van der Waals surface area contributed by atoms with Gasteiger partial charge < -0.3 is 0 Å². The van der Waals surface area contributed by atoms with E-state index in [1.807, 2.05) is 0 Å². The van der Waals surface area contributed by atoms with Crippen LogP contribution in [0.1, 0.15) is 42.4 Å². The predicted molar refractivity (Wildman–Crippen MR) is 43.5 cm³/mol. The predicted octanol–water partition coefficient (Wildman–Crippen LogP) is 3.32. The molecule has 0 heteroatoms. The Morgan fingerprint density at radius 1 is 1.22 bits per heavy atom. The van der Waals surface area contributed by atoms with Gasteiger partial charge in [-0.25, -0.2) is 0 Å². The van der Waals surface area contributed by atoms with E-state index in [-0.39, 0.29) is 0 Å². The van der Waals surface area contributed by atoms with E-state index in [1.54, 1.807) is 0 Å². The van der Waals surface area contributed by atoms with Gasteiger partial charge in [0.05, 0.1) is 0 Å². The van der Waals surface area contributed by atoms with Gasteiger partial charge in [0.25, 0.3) is 0 Å². The van der Waals surface area contributed by atoms with Crippen LogP contribution < -0.4 is 0 Å². The van der Waals surface area contributed by atoms with E-state index in [0.717, 1.165) is 11.8 Å². The van der Waals surface area contributed by atoms with Gasteiger partial charge in [0.2, 0.25) is 0 Å². The first-order chi connectivity index (χ1) is 4.57. The van der Waals surface area contributed by atoms with Crippen molar-refractivity contribution in [3.05, 3.63) is 0 Å². The first-order valence-corrected chi connectivity index (χ1v) is 3.87. The van der Waals surface area contributed by atoms with Crippen molar-refractivity contribution in [3.8, 4) is 0 Å². The van der Waals surface area contributed by atoms with Crippen LogP contribution >= 0.6 is 0 Å². The van der Waals surface area contributed by atoms with Crippen LogP contribution in [0.5, 0.6) is 0 Å². The SMILES string of the molecule is [2H]CC(C)C(C)CC(C)C. The molecule has 0 fully saturated rings. The molecule has 9 heavy (non-hydrogen) atoms. The minimum atomic E-state index is 0.572. The summed E-state index contributed by atoms with van der Waals surface area (Å²) < 4.78 is 7.18. The van der Waals surface area contributed by atoms with Gasteiger partial charge in [-0.3, -0.25) is 0 Å². The standard InChI is InChI=1S/C9H20/c1-7(2)6-9(5)8(3)4/h7-9H,6H2,1-5H3/i3D. The highest BCUT2D eigenvalue weighted by molar-refractivity contribution is 4.58. The molecule has 0 bridgehead atoms. The lowest BCUT2D eigenvalue weighted by Crippen LogP contribution is -2.06. The highest BCUT2D eigenvalue weighted by Gasteiger charge is 2.07.